The summed E-state index contributed by atoms with van der Waals surface area (Å²) in [4.78, 5) is 34.7. The van der Waals surface area contributed by atoms with E-state index < -0.39 is 5.82 Å². The number of pyridine rings is 1. The minimum atomic E-state index is -0.398. The van der Waals surface area contributed by atoms with Crippen molar-refractivity contribution < 1.29 is 19.1 Å². The summed E-state index contributed by atoms with van der Waals surface area (Å²) in [5, 5.41) is 13.4. The standard InChI is InChI=1S/C29H29FN6O3/c30-20-11-19-15-35(29(39)33-7-4-18(17-37)5-8-33)10-9-34-16-22(21(12-20)28(19)34)26-24(38)14-32-27(26)23-13-31-25-3-1-2-6-36(23)25/h1-3,6,11-13,16,18,32,37H,4-5,7-10,14-15,17H2. The van der Waals surface area contributed by atoms with Crippen LogP contribution < -0.4 is 5.32 Å². The number of hydrogen-bond donors (Lipinski definition) is 2. The molecule has 0 spiro atoms. The molecule has 0 radical (unpaired) electrons. The molecule has 39 heavy (non-hydrogen) atoms. The zero-order valence-corrected chi connectivity index (χ0v) is 21.4. The van der Waals surface area contributed by atoms with Gasteiger partial charge in [0.25, 0.3) is 0 Å². The van der Waals surface area contributed by atoms with Crippen molar-refractivity contribution in [3.8, 4) is 0 Å². The van der Waals surface area contributed by atoms with Crippen molar-refractivity contribution in [2.24, 2.45) is 5.92 Å². The molecule has 7 rings (SSSR count). The molecule has 0 unspecified atom stereocenters. The third-order valence-electron chi connectivity index (χ3n) is 8.30. The molecule has 1 aromatic carbocycles. The molecule has 3 aliphatic rings. The summed E-state index contributed by atoms with van der Waals surface area (Å²) in [7, 11) is 0. The number of aliphatic hydroxyl groups excluding tert-OH is 1. The molecule has 0 atom stereocenters. The van der Waals surface area contributed by atoms with Crippen molar-refractivity contribution >= 4 is 39.6 Å². The van der Waals surface area contributed by atoms with Crippen LogP contribution in [0.5, 0.6) is 0 Å². The summed E-state index contributed by atoms with van der Waals surface area (Å²) >= 11 is 0. The highest BCUT2D eigenvalue weighted by Gasteiger charge is 2.32. The second-order valence-electron chi connectivity index (χ2n) is 10.6. The smallest absolute Gasteiger partial charge is 0.320 e. The zero-order valence-electron chi connectivity index (χ0n) is 21.4. The number of nitrogens with one attached hydrogen (secondary N) is 1. The molecule has 3 aliphatic heterocycles. The van der Waals surface area contributed by atoms with Crippen molar-refractivity contribution in [1.82, 2.24) is 29.1 Å². The number of nitrogens with zero attached hydrogens (tertiary/aromatic N) is 5. The Balaban J connectivity index is 1.29. The number of piperidine rings is 1. The summed E-state index contributed by atoms with van der Waals surface area (Å²) < 4.78 is 19.1. The Hall–Kier alpha value is -4.18. The molecule has 0 saturated carbocycles. The molecule has 2 N–H and O–H groups in total. The summed E-state index contributed by atoms with van der Waals surface area (Å²) in [6.45, 7) is 2.85. The van der Waals surface area contributed by atoms with Gasteiger partial charge in [0.15, 0.2) is 5.78 Å². The Morgan fingerprint density at radius 3 is 2.79 bits per heavy atom. The van der Waals surface area contributed by atoms with E-state index in [0.29, 0.717) is 54.9 Å². The summed E-state index contributed by atoms with van der Waals surface area (Å²) in [5.41, 5.74) is 5.03. The predicted octanol–water partition coefficient (Wildman–Crippen LogP) is 3.11. The maximum absolute atomic E-state index is 15.1. The topological polar surface area (TPSA) is 95.1 Å². The minimum absolute atomic E-state index is 0.0532. The highest BCUT2D eigenvalue weighted by atomic mass is 19.1. The molecule has 3 aromatic heterocycles. The van der Waals surface area contributed by atoms with Gasteiger partial charge in [0, 0.05) is 62.7 Å². The lowest BCUT2D eigenvalue weighted by Crippen LogP contribution is -2.47. The van der Waals surface area contributed by atoms with Gasteiger partial charge in [-0.15, -0.1) is 0 Å². The largest absolute Gasteiger partial charge is 0.396 e. The van der Waals surface area contributed by atoms with E-state index in [2.05, 4.69) is 14.9 Å². The first-order valence-electron chi connectivity index (χ1n) is 13.4. The summed E-state index contributed by atoms with van der Waals surface area (Å²) in [6.07, 6.45) is 7.16. The Labute approximate surface area is 224 Å². The van der Waals surface area contributed by atoms with Gasteiger partial charge in [-0.1, -0.05) is 6.07 Å². The number of halogens is 1. The fraction of sp³-hybridized carbons (Fsp3) is 0.345. The Kier molecular flexibility index (Phi) is 5.66. The van der Waals surface area contributed by atoms with Crippen LogP contribution in [0.2, 0.25) is 0 Å². The van der Waals surface area contributed by atoms with E-state index in [0.717, 1.165) is 35.3 Å². The van der Waals surface area contributed by atoms with Gasteiger partial charge in [0.05, 0.1) is 35.2 Å². The van der Waals surface area contributed by atoms with Crippen LogP contribution >= 0.6 is 0 Å². The van der Waals surface area contributed by atoms with Crippen LogP contribution in [0.15, 0.2) is 48.9 Å². The van der Waals surface area contributed by atoms with Gasteiger partial charge in [-0.2, -0.15) is 0 Å². The Bertz CT molecular complexity index is 1660. The number of rotatable bonds is 3. The molecule has 9 nitrogen and oxygen atoms in total. The lowest BCUT2D eigenvalue weighted by Gasteiger charge is -2.35. The number of imidazole rings is 1. The van der Waals surface area contributed by atoms with Crippen molar-refractivity contribution in [3.05, 3.63) is 71.6 Å². The molecule has 2 amide bonds. The van der Waals surface area contributed by atoms with Crippen LogP contribution in [-0.2, 0) is 17.9 Å². The number of hydrogen-bond acceptors (Lipinski definition) is 5. The number of carbonyl (C=O) groups excluding carboxylic acids is 2. The van der Waals surface area contributed by atoms with Crippen molar-refractivity contribution in [1.29, 1.82) is 0 Å². The predicted molar refractivity (Wildman–Crippen MR) is 144 cm³/mol. The first kappa shape index (κ1) is 23.9. The number of amides is 2. The van der Waals surface area contributed by atoms with Crippen molar-refractivity contribution in [2.45, 2.75) is 25.9 Å². The van der Waals surface area contributed by atoms with Crippen LogP contribution in [0.4, 0.5) is 9.18 Å². The first-order valence-corrected chi connectivity index (χ1v) is 13.4. The first-order chi connectivity index (χ1) is 19.0. The van der Waals surface area contributed by atoms with Gasteiger partial charge < -0.3 is 24.8 Å². The fourth-order valence-electron chi connectivity index (χ4n) is 6.28. The monoisotopic (exact) mass is 528 g/mol. The molecular formula is C29H29FN6O3. The minimum Gasteiger partial charge on any atom is -0.396 e. The van der Waals surface area contributed by atoms with Crippen LogP contribution in [0.3, 0.4) is 0 Å². The maximum Gasteiger partial charge on any atom is 0.320 e. The molecule has 0 aliphatic carbocycles. The highest BCUT2D eigenvalue weighted by Crippen LogP contribution is 2.38. The van der Waals surface area contributed by atoms with E-state index in [4.69, 9.17) is 0 Å². The summed E-state index contributed by atoms with van der Waals surface area (Å²) in [5.74, 6) is -0.210. The number of urea groups is 1. The number of ketones is 1. The molecule has 6 heterocycles. The van der Waals surface area contributed by atoms with Crippen LogP contribution in [0.25, 0.3) is 27.8 Å². The molecular weight excluding hydrogens is 499 g/mol. The van der Waals surface area contributed by atoms with Crippen LogP contribution in [0.1, 0.15) is 29.7 Å². The normalized spacial score (nSPS) is 18.4. The second-order valence-corrected chi connectivity index (χ2v) is 10.6. The van der Waals surface area contributed by atoms with Gasteiger partial charge in [-0.25, -0.2) is 14.2 Å². The maximum atomic E-state index is 15.1. The van der Waals surface area contributed by atoms with Crippen LogP contribution in [-0.4, -0.2) is 73.5 Å². The van der Waals surface area contributed by atoms with Crippen molar-refractivity contribution in [3.63, 3.8) is 0 Å². The second kappa shape index (κ2) is 9.23. The van der Waals surface area contributed by atoms with Gasteiger partial charge in [-0.3, -0.25) is 9.20 Å². The van der Waals surface area contributed by atoms with E-state index >= 15 is 4.39 Å². The third kappa shape index (κ3) is 3.89. The van der Waals surface area contributed by atoms with Gasteiger partial charge in [0.2, 0.25) is 0 Å². The number of aromatic nitrogens is 3. The summed E-state index contributed by atoms with van der Waals surface area (Å²) in [6, 6.07) is 8.67. The number of Topliss-reactive ketones (excluding diaryl/α,β-unsaturated/α-hetero) is 1. The molecule has 0 bridgehead atoms. The molecule has 200 valence electrons. The fourth-order valence-corrected chi connectivity index (χ4v) is 6.28. The highest BCUT2D eigenvalue weighted by molar-refractivity contribution is 6.33. The number of likely N-dealkylation sites (tertiary alicyclic amines) is 1. The van der Waals surface area contributed by atoms with Crippen LogP contribution in [0, 0.1) is 11.7 Å². The van der Waals surface area contributed by atoms with E-state index in [9.17, 15) is 14.7 Å². The Morgan fingerprint density at radius 2 is 1.97 bits per heavy atom. The SMILES string of the molecule is O=C1CNC(c2cnc3ccccn23)=C1c1cn2c3c(cc(F)cc13)CN(C(=O)N1CCC(CO)CC1)CC2. The molecule has 1 fully saturated rings. The number of fused-ring (bicyclic) bond motifs is 1. The lowest BCUT2D eigenvalue weighted by molar-refractivity contribution is -0.112. The quantitative estimate of drug-likeness (QED) is 0.426. The molecule has 10 heteroatoms. The van der Waals surface area contributed by atoms with Gasteiger partial charge in [0.1, 0.15) is 11.5 Å². The van der Waals surface area contributed by atoms with E-state index in [1.807, 2.05) is 39.9 Å². The van der Waals surface area contributed by atoms with E-state index in [1.165, 1.54) is 12.1 Å². The third-order valence-corrected chi connectivity index (χ3v) is 8.30. The number of aliphatic hydroxyl groups is 1. The van der Waals surface area contributed by atoms with E-state index in [1.54, 1.807) is 11.1 Å². The van der Waals surface area contributed by atoms with Crippen molar-refractivity contribution in [2.75, 3.05) is 32.8 Å². The lowest BCUT2D eigenvalue weighted by atomic mass is 9.98. The molecule has 4 aromatic rings. The average Bonchev–Trinajstić information content (AvgIpc) is 3.61. The number of carbonyl (C=O) groups is 2. The van der Waals surface area contributed by atoms with E-state index in [-0.39, 0.29) is 30.9 Å². The zero-order chi connectivity index (χ0) is 26.7. The van der Waals surface area contributed by atoms with Gasteiger partial charge in [-0.05, 0) is 48.6 Å². The van der Waals surface area contributed by atoms with Gasteiger partial charge >= 0.3 is 6.03 Å². The Morgan fingerprint density at radius 1 is 1.13 bits per heavy atom. The number of benzene rings is 1. The molecule has 1 saturated heterocycles. The average molecular weight is 529 g/mol.